The van der Waals surface area contributed by atoms with E-state index in [9.17, 15) is 4.79 Å². The molecule has 0 N–H and O–H groups in total. The summed E-state index contributed by atoms with van der Waals surface area (Å²) in [5.41, 5.74) is 0.951. The van der Waals surface area contributed by atoms with Crippen LogP contribution in [0.2, 0.25) is 0 Å². The van der Waals surface area contributed by atoms with Gasteiger partial charge in [-0.15, -0.1) is 0 Å². The SMILES string of the molecule is CO[C@@H](C(=O)S[C@H]1C[C@H](C)CC[C@H]1C(C)C)c1ccccc1. The second kappa shape index (κ2) is 8.16. The van der Waals surface area contributed by atoms with E-state index in [1.807, 2.05) is 30.3 Å². The van der Waals surface area contributed by atoms with Gasteiger partial charge in [-0.05, 0) is 36.2 Å². The van der Waals surface area contributed by atoms with Gasteiger partial charge in [0.15, 0.2) is 6.10 Å². The quantitative estimate of drug-likeness (QED) is 0.755. The number of methoxy groups -OCH3 is 1. The van der Waals surface area contributed by atoms with Crippen molar-refractivity contribution in [2.75, 3.05) is 7.11 Å². The molecule has 0 unspecified atom stereocenters. The molecular formula is C19H28O2S. The van der Waals surface area contributed by atoms with E-state index >= 15 is 0 Å². The molecule has 1 aromatic rings. The van der Waals surface area contributed by atoms with Crippen molar-refractivity contribution < 1.29 is 9.53 Å². The van der Waals surface area contributed by atoms with Gasteiger partial charge >= 0.3 is 0 Å². The van der Waals surface area contributed by atoms with E-state index in [2.05, 4.69) is 20.8 Å². The number of benzene rings is 1. The fourth-order valence-electron chi connectivity index (χ4n) is 3.46. The van der Waals surface area contributed by atoms with E-state index in [-0.39, 0.29) is 5.12 Å². The van der Waals surface area contributed by atoms with E-state index in [0.717, 1.165) is 17.9 Å². The van der Waals surface area contributed by atoms with E-state index in [0.29, 0.717) is 17.1 Å². The van der Waals surface area contributed by atoms with Gasteiger partial charge in [-0.25, -0.2) is 0 Å². The molecule has 1 aromatic carbocycles. The minimum atomic E-state index is -0.448. The minimum Gasteiger partial charge on any atom is -0.368 e. The van der Waals surface area contributed by atoms with Crippen molar-refractivity contribution in [3.05, 3.63) is 35.9 Å². The fourth-order valence-corrected chi connectivity index (χ4v) is 5.16. The molecule has 0 aliphatic heterocycles. The summed E-state index contributed by atoms with van der Waals surface area (Å²) in [4.78, 5) is 12.8. The van der Waals surface area contributed by atoms with Gasteiger partial charge in [-0.3, -0.25) is 4.79 Å². The van der Waals surface area contributed by atoms with Gasteiger partial charge in [0.2, 0.25) is 5.12 Å². The van der Waals surface area contributed by atoms with E-state index in [1.165, 1.54) is 24.6 Å². The van der Waals surface area contributed by atoms with Gasteiger partial charge in [0.1, 0.15) is 0 Å². The van der Waals surface area contributed by atoms with Crippen LogP contribution in [0.15, 0.2) is 30.3 Å². The highest BCUT2D eigenvalue weighted by Gasteiger charge is 2.34. The number of carbonyl (C=O) groups excluding carboxylic acids is 1. The van der Waals surface area contributed by atoms with E-state index in [1.54, 1.807) is 7.11 Å². The molecule has 1 aliphatic rings. The second-order valence-corrected chi connectivity index (χ2v) is 8.07. The Labute approximate surface area is 139 Å². The Bertz CT molecular complexity index is 472. The number of hydrogen-bond acceptors (Lipinski definition) is 3. The van der Waals surface area contributed by atoms with Gasteiger partial charge in [-0.1, -0.05) is 69.3 Å². The van der Waals surface area contributed by atoms with Crippen LogP contribution in [-0.2, 0) is 9.53 Å². The first-order valence-electron chi connectivity index (χ1n) is 8.31. The predicted octanol–water partition coefficient (Wildman–Crippen LogP) is 5.09. The van der Waals surface area contributed by atoms with Crippen molar-refractivity contribution in [3.8, 4) is 0 Å². The average molecular weight is 320 g/mol. The zero-order chi connectivity index (χ0) is 16.1. The number of rotatable bonds is 5. The Morgan fingerprint density at radius 1 is 1.23 bits per heavy atom. The highest BCUT2D eigenvalue weighted by Crippen LogP contribution is 2.42. The van der Waals surface area contributed by atoms with Gasteiger partial charge < -0.3 is 4.74 Å². The zero-order valence-corrected chi connectivity index (χ0v) is 14.9. The molecule has 0 heterocycles. The molecule has 122 valence electrons. The predicted molar refractivity (Wildman–Crippen MR) is 93.9 cm³/mol. The van der Waals surface area contributed by atoms with E-state index in [4.69, 9.17) is 4.74 Å². The summed E-state index contributed by atoms with van der Waals surface area (Å²) in [6.07, 6.45) is 3.23. The maximum Gasteiger partial charge on any atom is 0.222 e. The van der Waals surface area contributed by atoms with Crippen molar-refractivity contribution in [1.29, 1.82) is 0 Å². The van der Waals surface area contributed by atoms with E-state index < -0.39 is 6.10 Å². The minimum absolute atomic E-state index is 0.151. The molecule has 0 radical (unpaired) electrons. The summed E-state index contributed by atoms with van der Waals surface area (Å²) in [6, 6.07) is 9.81. The van der Waals surface area contributed by atoms with Crippen LogP contribution >= 0.6 is 11.8 Å². The first-order valence-corrected chi connectivity index (χ1v) is 9.19. The largest absolute Gasteiger partial charge is 0.368 e. The van der Waals surface area contributed by atoms with Gasteiger partial charge in [0.05, 0.1) is 0 Å². The van der Waals surface area contributed by atoms with Gasteiger partial charge in [0.25, 0.3) is 0 Å². The molecule has 3 heteroatoms. The molecule has 0 aromatic heterocycles. The Kier molecular flexibility index (Phi) is 6.51. The highest BCUT2D eigenvalue weighted by atomic mass is 32.2. The van der Waals surface area contributed by atoms with Crippen molar-refractivity contribution >= 4 is 16.9 Å². The molecule has 1 aliphatic carbocycles. The molecular weight excluding hydrogens is 292 g/mol. The van der Waals surface area contributed by atoms with Crippen LogP contribution < -0.4 is 0 Å². The monoisotopic (exact) mass is 320 g/mol. The number of ether oxygens (including phenoxy) is 1. The Balaban J connectivity index is 2.08. The van der Waals surface area contributed by atoms with Crippen molar-refractivity contribution in [2.24, 2.45) is 17.8 Å². The molecule has 1 saturated carbocycles. The van der Waals surface area contributed by atoms with Crippen LogP contribution in [0.5, 0.6) is 0 Å². The van der Waals surface area contributed by atoms with Crippen LogP contribution in [0.3, 0.4) is 0 Å². The van der Waals surface area contributed by atoms with Crippen LogP contribution in [0.1, 0.15) is 51.7 Å². The Morgan fingerprint density at radius 2 is 1.91 bits per heavy atom. The molecule has 22 heavy (non-hydrogen) atoms. The number of carbonyl (C=O) groups is 1. The first kappa shape index (κ1) is 17.6. The lowest BCUT2D eigenvalue weighted by Gasteiger charge is -2.37. The Morgan fingerprint density at radius 3 is 2.50 bits per heavy atom. The lowest BCUT2D eigenvalue weighted by Crippen LogP contribution is -2.31. The molecule has 2 nitrogen and oxygen atoms in total. The maximum atomic E-state index is 12.8. The molecule has 0 saturated heterocycles. The van der Waals surface area contributed by atoms with Gasteiger partial charge in [-0.2, -0.15) is 0 Å². The van der Waals surface area contributed by atoms with Crippen LogP contribution in [0, 0.1) is 17.8 Å². The molecule has 1 fully saturated rings. The van der Waals surface area contributed by atoms with Crippen molar-refractivity contribution in [3.63, 3.8) is 0 Å². The third kappa shape index (κ3) is 4.36. The van der Waals surface area contributed by atoms with Crippen LogP contribution in [-0.4, -0.2) is 17.5 Å². The second-order valence-electron chi connectivity index (χ2n) is 6.83. The summed E-state index contributed by atoms with van der Waals surface area (Å²) in [5.74, 6) is 1.99. The van der Waals surface area contributed by atoms with Crippen LogP contribution in [0.4, 0.5) is 0 Å². The average Bonchev–Trinajstić information content (AvgIpc) is 2.48. The summed E-state index contributed by atoms with van der Waals surface area (Å²) in [5, 5.41) is 0.580. The molecule has 0 spiro atoms. The topological polar surface area (TPSA) is 26.3 Å². The lowest BCUT2D eigenvalue weighted by atomic mass is 9.77. The number of hydrogen-bond donors (Lipinski definition) is 0. The molecule has 0 amide bonds. The lowest BCUT2D eigenvalue weighted by molar-refractivity contribution is -0.120. The zero-order valence-electron chi connectivity index (χ0n) is 14.1. The smallest absolute Gasteiger partial charge is 0.222 e. The van der Waals surface area contributed by atoms with Crippen LogP contribution in [0.25, 0.3) is 0 Å². The molecule has 4 atom stereocenters. The maximum absolute atomic E-state index is 12.8. The highest BCUT2D eigenvalue weighted by molar-refractivity contribution is 8.14. The standard InChI is InChI=1S/C19H28O2S/c1-13(2)16-11-10-14(3)12-17(16)22-19(20)18(21-4)15-8-6-5-7-9-15/h5-9,13-14,16-18H,10-12H2,1-4H3/t14-,16+,17+,18-/m1/s1. The normalized spacial score (nSPS) is 26.9. The Hall–Kier alpha value is -0.800. The third-order valence-corrected chi connectivity index (χ3v) is 6.07. The molecule has 0 bridgehead atoms. The fraction of sp³-hybridized carbons (Fsp3) is 0.632. The van der Waals surface area contributed by atoms with Crippen molar-refractivity contribution in [1.82, 2.24) is 0 Å². The van der Waals surface area contributed by atoms with Gasteiger partial charge in [0, 0.05) is 12.4 Å². The summed E-state index contributed by atoms with van der Waals surface area (Å²) in [7, 11) is 1.62. The molecule has 2 rings (SSSR count). The first-order chi connectivity index (χ1) is 10.5. The third-order valence-electron chi connectivity index (χ3n) is 4.78. The summed E-state index contributed by atoms with van der Waals surface area (Å²) >= 11 is 1.52. The van der Waals surface area contributed by atoms with Crippen molar-refractivity contribution in [2.45, 2.75) is 51.4 Å². The summed E-state index contributed by atoms with van der Waals surface area (Å²) in [6.45, 7) is 6.87. The number of thioether (sulfide) groups is 1. The summed E-state index contributed by atoms with van der Waals surface area (Å²) < 4.78 is 5.49.